The highest BCUT2D eigenvalue weighted by molar-refractivity contribution is 7.18. The van der Waals surface area contributed by atoms with E-state index in [0.717, 1.165) is 74.6 Å². The van der Waals surface area contributed by atoms with Crippen molar-refractivity contribution in [2.75, 3.05) is 57.8 Å². The maximum Gasteiger partial charge on any atom is 0.319 e. The quantitative estimate of drug-likeness (QED) is 0.655. The first-order valence-electron chi connectivity index (χ1n) is 11.5. The molecule has 0 aromatic carbocycles. The largest absolute Gasteiger partial charge is 0.468 e. The summed E-state index contributed by atoms with van der Waals surface area (Å²) in [6.45, 7) is 13.7. The van der Waals surface area contributed by atoms with Gasteiger partial charge in [-0.3, -0.25) is 14.6 Å². The molecule has 7 nitrogen and oxygen atoms in total. The Balaban J connectivity index is 1.58. The SMILES string of the molecule is COC(=O)CN1CCCN(c2nc(CN3CCC(C)CC3)nc3sc(C)c(C)c23)CC1. The summed E-state index contributed by atoms with van der Waals surface area (Å²) in [6.07, 6.45) is 3.52. The average molecular weight is 446 g/mol. The van der Waals surface area contributed by atoms with Crippen molar-refractivity contribution >= 4 is 33.3 Å². The Hall–Kier alpha value is -1.77. The molecular formula is C23H35N5O2S. The van der Waals surface area contributed by atoms with Crippen molar-refractivity contribution in [2.24, 2.45) is 5.92 Å². The summed E-state index contributed by atoms with van der Waals surface area (Å²) in [5.74, 6) is 2.67. The minimum absolute atomic E-state index is 0.166. The summed E-state index contributed by atoms with van der Waals surface area (Å²) < 4.78 is 4.86. The molecule has 4 heterocycles. The second-order valence-corrected chi connectivity index (χ2v) is 10.3. The third-order valence-electron chi connectivity index (χ3n) is 6.77. The lowest BCUT2D eigenvalue weighted by Gasteiger charge is -2.30. The number of fused-ring (bicyclic) bond motifs is 1. The lowest BCUT2D eigenvalue weighted by Crippen LogP contribution is -2.35. The van der Waals surface area contributed by atoms with Crippen molar-refractivity contribution in [3.8, 4) is 0 Å². The van der Waals surface area contributed by atoms with Gasteiger partial charge in [0.05, 0.1) is 25.6 Å². The molecule has 2 aromatic heterocycles. The topological polar surface area (TPSA) is 61.8 Å². The highest BCUT2D eigenvalue weighted by atomic mass is 32.1. The van der Waals surface area contributed by atoms with Crippen LogP contribution in [0.1, 0.15) is 42.5 Å². The summed E-state index contributed by atoms with van der Waals surface area (Å²) in [6, 6.07) is 0. The van der Waals surface area contributed by atoms with Crippen LogP contribution in [0.15, 0.2) is 0 Å². The normalized spacial score (nSPS) is 19.7. The number of rotatable bonds is 5. The Bertz CT molecular complexity index is 922. The molecule has 0 unspecified atom stereocenters. The predicted octanol–water partition coefficient (Wildman–Crippen LogP) is 3.23. The van der Waals surface area contributed by atoms with Crippen molar-refractivity contribution in [2.45, 2.75) is 46.6 Å². The molecule has 2 aliphatic rings. The van der Waals surface area contributed by atoms with E-state index < -0.39 is 0 Å². The number of carbonyl (C=O) groups is 1. The van der Waals surface area contributed by atoms with E-state index in [2.05, 4.69) is 35.5 Å². The van der Waals surface area contributed by atoms with Crippen LogP contribution in [-0.4, -0.2) is 78.7 Å². The number of methoxy groups -OCH3 is 1. The zero-order valence-electron chi connectivity index (χ0n) is 19.3. The Labute approximate surface area is 189 Å². The van der Waals surface area contributed by atoms with Crippen LogP contribution in [0.3, 0.4) is 0 Å². The number of anilines is 1. The van der Waals surface area contributed by atoms with Crippen molar-refractivity contribution in [3.05, 3.63) is 16.3 Å². The van der Waals surface area contributed by atoms with E-state index in [1.165, 1.54) is 35.8 Å². The van der Waals surface area contributed by atoms with E-state index in [4.69, 9.17) is 14.7 Å². The molecule has 0 atom stereocenters. The number of carbonyl (C=O) groups excluding carboxylic acids is 1. The number of aryl methyl sites for hydroxylation is 2. The minimum Gasteiger partial charge on any atom is -0.468 e. The molecule has 0 saturated carbocycles. The second-order valence-electron chi connectivity index (χ2n) is 9.08. The van der Waals surface area contributed by atoms with Gasteiger partial charge in [-0.25, -0.2) is 9.97 Å². The van der Waals surface area contributed by atoms with E-state index in [0.29, 0.717) is 6.54 Å². The third-order valence-corrected chi connectivity index (χ3v) is 7.87. The number of thiophene rings is 1. The molecule has 0 aliphatic carbocycles. The summed E-state index contributed by atoms with van der Waals surface area (Å²) >= 11 is 1.78. The van der Waals surface area contributed by atoms with Gasteiger partial charge in [-0.05, 0) is 57.7 Å². The van der Waals surface area contributed by atoms with Crippen LogP contribution in [0.2, 0.25) is 0 Å². The van der Waals surface area contributed by atoms with Gasteiger partial charge in [0, 0.05) is 31.1 Å². The number of hydrogen-bond acceptors (Lipinski definition) is 8. The maximum atomic E-state index is 11.7. The van der Waals surface area contributed by atoms with Crippen molar-refractivity contribution < 1.29 is 9.53 Å². The fourth-order valence-corrected chi connectivity index (χ4v) is 5.62. The lowest BCUT2D eigenvalue weighted by atomic mass is 9.99. The summed E-state index contributed by atoms with van der Waals surface area (Å²) in [7, 11) is 1.45. The first kappa shape index (κ1) is 22.4. The summed E-state index contributed by atoms with van der Waals surface area (Å²) in [4.78, 5) is 31.3. The van der Waals surface area contributed by atoms with Gasteiger partial charge in [-0.2, -0.15) is 0 Å². The van der Waals surface area contributed by atoms with Crippen LogP contribution in [0.25, 0.3) is 10.2 Å². The van der Waals surface area contributed by atoms with Crippen LogP contribution in [0.5, 0.6) is 0 Å². The molecular weight excluding hydrogens is 410 g/mol. The van der Waals surface area contributed by atoms with Crippen molar-refractivity contribution in [1.82, 2.24) is 19.8 Å². The van der Waals surface area contributed by atoms with E-state index in [1.807, 2.05) is 0 Å². The monoisotopic (exact) mass is 445 g/mol. The fourth-order valence-electron chi connectivity index (χ4n) is 4.58. The molecule has 170 valence electrons. The Morgan fingerprint density at radius 2 is 1.84 bits per heavy atom. The van der Waals surface area contributed by atoms with E-state index >= 15 is 0 Å². The number of piperidine rings is 1. The zero-order valence-corrected chi connectivity index (χ0v) is 20.1. The third kappa shape index (κ3) is 5.18. The van der Waals surface area contributed by atoms with Gasteiger partial charge in [0.2, 0.25) is 0 Å². The molecule has 8 heteroatoms. The number of nitrogens with zero attached hydrogens (tertiary/aromatic N) is 5. The number of hydrogen-bond donors (Lipinski definition) is 0. The van der Waals surface area contributed by atoms with Crippen LogP contribution < -0.4 is 4.90 Å². The molecule has 0 spiro atoms. The molecule has 0 radical (unpaired) electrons. The van der Waals surface area contributed by atoms with Gasteiger partial charge in [0.1, 0.15) is 16.5 Å². The van der Waals surface area contributed by atoms with Gasteiger partial charge in [0.15, 0.2) is 0 Å². The van der Waals surface area contributed by atoms with Gasteiger partial charge < -0.3 is 9.64 Å². The molecule has 4 rings (SSSR count). The molecule has 0 N–H and O–H groups in total. The highest BCUT2D eigenvalue weighted by Crippen LogP contribution is 2.35. The van der Waals surface area contributed by atoms with Crippen LogP contribution in [0, 0.1) is 19.8 Å². The number of aromatic nitrogens is 2. The van der Waals surface area contributed by atoms with Gasteiger partial charge in [0.25, 0.3) is 0 Å². The van der Waals surface area contributed by atoms with E-state index in [-0.39, 0.29) is 5.97 Å². The van der Waals surface area contributed by atoms with Gasteiger partial charge in [-0.1, -0.05) is 6.92 Å². The summed E-state index contributed by atoms with van der Waals surface area (Å²) in [5, 5.41) is 1.21. The Kier molecular flexibility index (Phi) is 7.08. The molecule has 0 amide bonds. The second kappa shape index (κ2) is 9.79. The average Bonchev–Trinajstić information content (AvgIpc) is 2.91. The molecule has 2 aromatic rings. The predicted molar refractivity (Wildman–Crippen MR) is 126 cm³/mol. The zero-order chi connectivity index (χ0) is 22.0. The Morgan fingerprint density at radius 1 is 1.06 bits per heavy atom. The van der Waals surface area contributed by atoms with E-state index in [1.54, 1.807) is 11.3 Å². The number of likely N-dealkylation sites (tertiary alicyclic amines) is 1. The smallest absolute Gasteiger partial charge is 0.319 e. The summed E-state index contributed by atoms with van der Waals surface area (Å²) in [5.41, 5.74) is 1.30. The molecule has 2 fully saturated rings. The highest BCUT2D eigenvalue weighted by Gasteiger charge is 2.24. The maximum absolute atomic E-state index is 11.7. The molecule has 31 heavy (non-hydrogen) atoms. The van der Waals surface area contributed by atoms with Crippen molar-refractivity contribution in [3.63, 3.8) is 0 Å². The minimum atomic E-state index is -0.166. The van der Waals surface area contributed by atoms with Crippen LogP contribution >= 0.6 is 11.3 Å². The first-order valence-corrected chi connectivity index (χ1v) is 12.3. The van der Waals surface area contributed by atoms with Gasteiger partial charge in [-0.15, -0.1) is 11.3 Å². The number of ether oxygens (including phenoxy) is 1. The molecule has 2 saturated heterocycles. The molecule has 0 bridgehead atoms. The van der Waals surface area contributed by atoms with Gasteiger partial charge >= 0.3 is 5.97 Å². The first-order chi connectivity index (χ1) is 14.9. The number of esters is 1. The standard InChI is InChI=1S/C23H35N5O2S/c1-16-6-10-27(11-7-16)14-19-24-22(21-17(2)18(3)31-23(21)25-19)28-9-5-8-26(12-13-28)15-20(29)30-4/h16H,5-15H2,1-4H3. The van der Waals surface area contributed by atoms with Crippen molar-refractivity contribution in [1.29, 1.82) is 0 Å². The van der Waals surface area contributed by atoms with Crippen LogP contribution in [-0.2, 0) is 16.1 Å². The Morgan fingerprint density at radius 3 is 2.58 bits per heavy atom. The van der Waals surface area contributed by atoms with Crippen LogP contribution in [0.4, 0.5) is 5.82 Å². The lowest BCUT2D eigenvalue weighted by molar-refractivity contribution is -0.141. The molecule has 2 aliphatic heterocycles. The van der Waals surface area contributed by atoms with E-state index in [9.17, 15) is 4.79 Å². The fraction of sp³-hybridized carbons (Fsp3) is 0.696.